The molecule has 0 spiro atoms. The van der Waals surface area contributed by atoms with Gasteiger partial charge in [0.05, 0.1) is 10.6 Å². The summed E-state index contributed by atoms with van der Waals surface area (Å²) >= 11 is 7.96. The van der Waals surface area contributed by atoms with Crippen molar-refractivity contribution in [1.82, 2.24) is 4.98 Å². The number of nitrogens with one attached hydrogen (secondary N) is 1. The quantitative estimate of drug-likeness (QED) is 0.798. The third-order valence-corrected chi connectivity index (χ3v) is 4.79. The van der Waals surface area contributed by atoms with Crippen LogP contribution in [-0.2, 0) is 0 Å². The van der Waals surface area contributed by atoms with Crippen molar-refractivity contribution in [1.29, 1.82) is 0 Å². The molecule has 0 aliphatic carbocycles. The van der Waals surface area contributed by atoms with Gasteiger partial charge in [0.1, 0.15) is 0 Å². The van der Waals surface area contributed by atoms with Gasteiger partial charge in [-0.05, 0) is 42.0 Å². The van der Waals surface area contributed by atoms with E-state index in [1.807, 2.05) is 12.1 Å². The second kappa shape index (κ2) is 8.76. The highest BCUT2D eigenvalue weighted by atomic mass is 35.5. The first-order valence-electron chi connectivity index (χ1n) is 6.58. The van der Waals surface area contributed by atoms with Crippen LogP contribution in [0.3, 0.4) is 0 Å². The standard InChI is InChI=1S/C15H14ClN3OS.2ClH/c16-12-7-11-13(17)3-6-21-14(11)8-10(12)15(20)19-9-1-4-18-5-2-9;;/h1-2,4-5,7-8,13H,3,6,17H2,(H,18,19,20);2*1H/t13-;;/m0../s1. The van der Waals surface area contributed by atoms with E-state index in [0.717, 1.165) is 22.6 Å². The highest BCUT2D eigenvalue weighted by Crippen LogP contribution is 2.38. The monoisotopic (exact) mass is 391 g/mol. The zero-order valence-electron chi connectivity index (χ0n) is 12.0. The van der Waals surface area contributed by atoms with Crippen molar-refractivity contribution in [2.45, 2.75) is 17.4 Å². The van der Waals surface area contributed by atoms with Crippen LogP contribution in [0.4, 0.5) is 5.69 Å². The number of hydrogen-bond donors (Lipinski definition) is 2. The number of halogens is 3. The minimum atomic E-state index is -0.228. The molecule has 1 aromatic carbocycles. The summed E-state index contributed by atoms with van der Waals surface area (Å²) in [7, 11) is 0. The molecule has 124 valence electrons. The van der Waals surface area contributed by atoms with Crippen molar-refractivity contribution in [2.24, 2.45) is 5.73 Å². The first-order valence-corrected chi connectivity index (χ1v) is 7.94. The van der Waals surface area contributed by atoms with E-state index in [1.54, 1.807) is 36.3 Å². The van der Waals surface area contributed by atoms with Crippen molar-refractivity contribution in [3.05, 3.63) is 52.8 Å². The maximum Gasteiger partial charge on any atom is 0.257 e. The lowest BCUT2D eigenvalue weighted by Crippen LogP contribution is -2.18. The number of fused-ring (bicyclic) bond motifs is 1. The van der Waals surface area contributed by atoms with Crippen LogP contribution >= 0.6 is 48.2 Å². The second-order valence-electron chi connectivity index (χ2n) is 4.80. The van der Waals surface area contributed by atoms with Gasteiger partial charge in [-0.1, -0.05) is 11.6 Å². The average Bonchev–Trinajstić information content (AvgIpc) is 2.48. The van der Waals surface area contributed by atoms with Crippen LogP contribution in [-0.4, -0.2) is 16.6 Å². The van der Waals surface area contributed by atoms with Crippen LogP contribution in [0.15, 0.2) is 41.6 Å². The predicted octanol–water partition coefficient (Wildman–Crippen LogP) is 4.33. The maximum absolute atomic E-state index is 12.3. The molecule has 1 amide bonds. The van der Waals surface area contributed by atoms with Crippen molar-refractivity contribution in [3.63, 3.8) is 0 Å². The van der Waals surface area contributed by atoms with E-state index in [0.29, 0.717) is 16.3 Å². The van der Waals surface area contributed by atoms with E-state index < -0.39 is 0 Å². The molecule has 0 saturated carbocycles. The predicted molar refractivity (Wildman–Crippen MR) is 100 cm³/mol. The normalized spacial score (nSPS) is 15.7. The first-order chi connectivity index (χ1) is 10.1. The Morgan fingerprint density at radius 2 is 2.00 bits per heavy atom. The molecule has 0 unspecified atom stereocenters. The Kier molecular flexibility index (Phi) is 7.64. The zero-order chi connectivity index (χ0) is 14.8. The van der Waals surface area contributed by atoms with Crippen LogP contribution in [0.1, 0.15) is 28.4 Å². The molecule has 0 radical (unpaired) electrons. The SMILES string of the molecule is Cl.Cl.N[C@H]1CCSc2cc(C(=O)Nc3ccncc3)c(Cl)cc21. The van der Waals surface area contributed by atoms with Gasteiger partial charge in [0, 0.05) is 29.0 Å². The Labute approximate surface area is 156 Å². The summed E-state index contributed by atoms with van der Waals surface area (Å²) in [5, 5.41) is 3.24. The summed E-state index contributed by atoms with van der Waals surface area (Å²) in [6.07, 6.45) is 4.18. The maximum atomic E-state index is 12.3. The van der Waals surface area contributed by atoms with Gasteiger partial charge in [0.25, 0.3) is 5.91 Å². The lowest BCUT2D eigenvalue weighted by molar-refractivity contribution is 0.102. The number of nitrogens with two attached hydrogens (primary N) is 1. The molecule has 3 rings (SSSR count). The van der Waals surface area contributed by atoms with E-state index in [1.165, 1.54) is 0 Å². The highest BCUT2D eigenvalue weighted by molar-refractivity contribution is 7.99. The molecular formula is C15H16Cl3N3OS. The number of carbonyl (C=O) groups is 1. The van der Waals surface area contributed by atoms with Gasteiger partial charge in [-0.15, -0.1) is 36.6 Å². The lowest BCUT2D eigenvalue weighted by Gasteiger charge is -2.22. The van der Waals surface area contributed by atoms with Gasteiger partial charge < -0.3 is 11.1 Å². The number of pyridine rings is 1. The van der Waals surface area contributed by atoms with E-state index in [4.69, 9.17) is 17.3 Å². The molecule has 0 fully saturated rings. The van der Waals surface area contributed by atoms with E-state index in [2.05, 4.69) is 10.3 Å². The van der Waals surface area contributed by atoms with Gasteiger partial charge in [-0.25, -0.2) is 0 Å². The fraction of sp³-hybridized carbons (Fsp3) is 0.200. The summed E-state index contributed by atoms with van der Waals surface area (Å²) < 4.78 is 0. The Morgan fingerprint density at radius 3 is 2.70 bits per heavy atom. The van der Waals surface area contributed by atoms with Crippen molar-refractivity contribution < 1.29 is 4.79 Å². The largest absolute Gasteiger partial charge is 0.324 e. The van der Waals surface area contributed by atoms with Crippen LogP contribution < -0.4 is 11.1 Å². The van der Waals surface area contributed by atoms with Gasteiger partial charge in [0.15, 0.2) is 0 Å². The van der Waals surface area contributed by atoms with E-state index >= 15 is 0 Å². The smallest absolute Gasteiger partial charge is 0.257 e. The highest BCUT2D eigenvalue weighted by Gasteiger charge is 2.21. The molecule has 0 saturated heterocycles. The van der Waals surface area contributed by atoms with Gasteiger partial charge >= 0.3 is 0 Å². The Balaban J connectivity index is 0.00000132. The fourth-order valence-corrected chi connectivity index (χ4v) is 3.67. The summed E-state index contributed by atoms with van der Waals surface area (Å²) in [4.78, 5) is 17.3. The Bertz CT molecular complexity index is 685. The first kappa shape index (κ1) is 20.1. The van der Waals surface area contributed by atoms with Crippen LogP contribution in [0.2, 0.25) is 5.02 Å². The van der Waals surface area contributed by atoms with Gasteiger partial charge in [-0.3, -0.25) is 9.78 Å². The molecule has 2 aromatic rings. The topological polar surface area (TPSA) is 68.0 Å². The number of carbonyl (C=O) groups excluding carboxylic acids is 1. The van der Waals surface area contributed by atoms with Crippen LogP contribution in [0.5, 0.6) is 0 Å². The number of benzene rings is 1. The number of hydrogen-bond acceptors (Lipinski definition) is 4. The van der Waals surface area contributed by atoms with E-state index in [9.17, 15) is 4.79 Å². The molecule has 2 heterocycles. The van der Waals surface area contributed by atoms with Crippen molar-refractivity contribution >= 4 is 59.8 Å². The van der Waals surface area contributed by atoms with Gasteiger partial charge in [0.2, 0.25) is 0 Å². The van der Waals surface area contributed by atoms with E-state index in [-0.39, 0.29) is 36.8 Å². The number of thioether (sulfide) groups is 1. The molecule has 1 aromatic heterocycles. The molecule has 3 N–H and O–H groups in total. The number of anilines is 1. The summed E-state index contributed by atoms with van der Waals surface area (Å²) in [5.41, 5.74) is 8.26. The third kappa shape index (κ3) is 4.52. The molecular weight excluding hydrogens is 377 g/mol. The molecule has 1 aliphatic heterocycles. The fourth-order valence-electron chi connectivity index (χ4n) is 2.24. The molecule has 1 aliphatic rings. The number of amides is 1. The Hall–Kier alpha value is -0.980. The molecule has 23 heavy (non-hydrogen) atoms. The minimum Gasteiger partial charge on any atom is -0.324 e. The lowest BCUT2D eigenvalue weighted by atomic mass is 10.0. The average molecular weight is 393 g/mol. The number of rotatable bonds is 2. The molecule has 4 nitrogen and oxygen atoms in total. The number of nitrogens with zero attached hydrogens (tertiary/aromatic N) is 1. The summed E-state index contributed by atoms with van der Waals surface area (Å²) in [6, 6.07) is 7.10. The van der Waals surface area contributed by atoms with Crippen LogP contribution in [0.25, 0.3) is 0 Å². The molecule has 8 heteroatoms. The van der Waals surface area contributed by atoms with Gasteiger partial charge in [-0.2, -0.15) is 0 Å². The summed E-state index contributed by atoms with van der Waals surface area (Å²) in [5.74, 6) is 0.732. The summed E-state index contributed by atoms with van der Waals surface area (Å²) in [6.45, 7) is 0. The van der Waals surface area contributed by atoms with Crippen molar-refractivity contribution in [2.75, 3.05) is 11.1 Å². The third-order valence-electron chi connectivity index (χ3n) is 3.37. The van der Waals surface area contributed by atoms with Crippen molar-refractivity contribution in [3.8, 4) is 0 Å². The second-order valence-corrected chi connectivity index (χ2v) is 6.35. The molecule has 1 atom stereocenters. The number of aromatic nitrogens is 1. The molecule has 0 bridgehead atoms. The Morgan fingerprint density at radius 1 is 1.30 bits per heavy atom. The minimum absolute atomic E-state index is 0. The zero-order valence-corrected chi connectivity index (χ0v) is 15.2. The van der Waals surface area contributed by atoms with Crippen LogP contribution in [0, 0.1) is 0 Å².